The van der Waals surface area contributed by atoms with Gasteiger partial charge in [-0.2, -0.15) is 0 Å². The number of ether oxygens (including phenoxy) is 1. The van der Waals surface area contributed by atoms with E-state index in [1.807, 2.05) is 6.92 Å². The Morgan fingerprint density at radius 1 is 1.50 bits per heavy atom. The van der Waals surface area contributed by atoms with Crippen molar-refractivity contribution >= 4 is 24.0 Å². The van der Waals surface area contributed by atoms with E-state index in [2.05, 4.69) is 25.2 Å². The number of hydrogen-bond donors (Lipinski definition) is 2. The second-order valence-electron chi connectivity index (χ2n) is 5.85. The summed E-state index contributed by atoms with van der Waals surface area (Å²) in [7, 11) is 0. The van der Waals surface area contributed by atoms with Gasteiger partial charge in [0.05, 0.1) is 5.69 Å². The summed E-state index contributed by atoms with van der Waals surface area (Å²) in [5, 5.41) is 2.97. The molecule has 0 aliphatic carbocycles. The van der Waals surface area contributed by atoms with Crippen LogP contribution in [0.25, 0.3) is 0 Å². The minimum Gasteiger partial charge on any atom is -0.485 e. The number of halogens is 1. The molecule has 2 aliphatic rings. The van der Waals surface area contributed by atoms with Gasteiger partial charge in [0.15, 0.2) is 0 Å². The molecule has 1 amide bonds. The molecule has 0 fully saturated rings. The first kappa shape index (κ1) is 15.1. The van der Waals surface area contributed by atoms with Crippen LogP contribution in [0.1, 0.15) is 42.9 Å². The number of anilines is 1. The Morgan fingerprint density at radius 3 is 2.85 bits per heavy atom. The molecule has 0 saturated carbocycles. The largest absolute Gasteiger partial charge is 0.485 e. The number of aryl methyl sites for hydroxylation is 1. The zero-order chi connectivity index (χ0) is 13.8. The van der Waals surface area contributed by atoms with E-state index in [1.165, 1.54) is 5.56 Å². The van der Waals surface area contributed by atoms with E-state index < -0.39 is 0 Å². The molecule has 0 saturated heterocycles. The summed E-state index contributed by atoms with van der Waals surface area (Å²) in [6, 6.07) is 2.13. The van der Waals surface area contributed by atoms with Gasteiger partial charge in [-0.25, -0.2) is 0 Å². The fourth-order valence-electron chi connectivity index (χ4n) is 3.06. The van der Waals surface area contributed by atoms with E-state index in [0.717, 1.165) is 29.0 Å². The number of benzene rings is 1. The average Bonchev–Trinajstić information content (AvgIpc) is 2.64. The fourth-order valence-corrected chi connectivity index (χ4v) is 3.06. The van der Waals surface area contributed by atoms with Crippen LogP contribution in [0.5, 0.6) is 5.75 Å². The highest BCUT2D eigenvalue weighted by Gasteiger charge is 2.43. The predicted octanol–water partition coefficient (Wildman–Crippen LogP) is 2.51. The van der Waals surface area contributed by atoms with Crippen LogP contribution in [-0.4, -0.2) is 18.1 Å². The molecule has 1 aromatic rings. The van der Waals surface area contributed by atoms with Gasteiger partial charge in [-0.15, -0.1) is 12.4 Å². The van der Waals surface area contributed by atoms with Crippen molar-refractivity contribution in [1.29, 1.82) is 0 Å². The van der Waals surface area contributed by atoms with Crippen LogP contribution < -0.4 is 15.8 Å². The van der Waals surface area contributed by atoms with E-state index in [-0.39, 0.29) is 29.8 Å². The first-order valence-corrected chi connectivity index (χ1v) is 6.81. The Morgan fingerprint density at radius 2 is 2.20 bits per heavy atom. The average molecular weight is 297 g/mol. The fraction of sp³-hybridized carbons (Fsp3) is 0.533. The maximum Gasteiger partial charge on any atom is 0.224 e. The molecule has 5 heteroatoms. The number of amides is 1. The Balaban J connectivity index is 0.00000147. The molecular weight excluding hydrogens is 276 g/mol. The Hall–Kier alpha value is -1.26. The predicted molar refractivity (Wildman–Crippen MR) is 81.9 cm³/mol. The number of rotatable bonds is 1. The van der Waals surface area contributed by atoms with Crippen molar-refractivity contribution in [3.8, 4) is 5.75 Å². The maximum atomic E-state index is 11.6. The Labute approximate surface area is 125 Å². The zero-order valence-electron chi connectivity index (χ0n) is 12.1. The van der Waals surface area contributed by atoms with Gasteiger partial charge in [0.1, 0.15) is 11.4 Å². The van der Waals surface area contributed by atoms with Crippen LogP contribution in [0.2, 0.25) is 0 Å². The smallest absolute Gasteiger partial charge is 0.224 e. The Bertz CT molecular complexity index is 573. The third kappa shape index (κ3) is 1.98. The molecule has 0 bridgehead atoms. The summed E-state index contributed by atoms with van der Waals surface area (Å²) in [5.41, 5.74) is 9.94. The number of carbonyl (C=O) groups is 1. The number of hydrogen-bond acceptors (Lipinski definition) is 3. The van der Waals surface area contributed by atoms with E-state index in [9.17, 15) is 4.79 Å². The van der Waals surface area contributed by atoms with E-state index in [0.29, 0.717) is 13.0 Å². The summed E-state index contributed by atoms with van der Waals surface area (Å²) in [4.78, 5) is 11.6. The summed E-state index contributed by atoms with van der Waals surface area (Å²) in [5.74, 6) is 1.30. The highest BCUT2D eigenvalue weighted by atomic mass is 35.5. The van der Waals surface area contributed by atoms with Crippen molar-refractivity contribution in [2.45, 2.75) is 45.1 Å². The van der Waals surface area contributed by atoms with Gasteiger partial charge in [0.2, 0.25) is 5.91 Å². The Kier molecular flexibility index (Phi) is 3.73. The third-order valence-electron chi connectivity index (χ3n) is 4.59. The van der Waals surface area contributed by atoms with Crippen molar-refractivity contribution in [2.24, 2.45) is 5.73 Å². The van der Waals surface area contributed by atoms with Gasteiger partial charge >= 0.3 is 0 Å². The van der Waals surface area contributed by atoms with E-state index in [4.69, 9.17) is 10.5 Å². The molecule has 0 unspecified atom stereocenters. The van der Waals surface area contributed by atoms with Crippen LogP contribution in [0, 0.1) is 6.92 Å². The van der Waals surface area contributed by atoms with E-state index >= 15 is 0 Å². The quantitative estimate of drug-likeness (QED) is 0.837. The van der Waals surface area contributed by atoms with Gasteiger partial charge < -0.3 is 15.8 Å². The number of nitrogens with one attached hydrogen (secondary N) is 1. The van der Waals surface area contributed by atoms with Gasteiger partial charge in [-0.1, -0.05) is 6.92 Å². The van der Waals surface area contributed by atoms with Crippen molar-refractivity contribution in [2.75, 3.05) is 11.9 Å². The normalized spacial score (nSPS) is 27.0. The highest BCUT2D eigenvalue weighted by molar-refractivity contribution is 5.95. The van der Waals surface area contributed by atoms with Gasteiger partial charge in [0.25, 0.3) is 0 Å². The first-order chi connectivity index (χ1) is 8.96. The molecular formula is C15H21ClN2O2. The molecule has 0 spiro atoms. The third-order valence-corrected chi connectivity index (χ3v) is 4.59. The monoisotopic (exact) mass is 296 g/mol. The summed E-state index contributed by atoms with van der Waals surface area (Å²) in [6.07, 6.45) is 1.28. The number of nitrogens with two attached hydrogens (primary N) is 1. The molecule has 110 valence electrons. The lowest BCUT2D eigenvalue weighted by atomic mass is 9.85. The number of carbonyl (C=O) groups excluding carboxylic acids is 1. The van der Waals surface area contributed by atoms with Crippen LogP contribution in [0.4, 0.5) is 5.69 Å². The molecule has 20 heavy (non-hydrogen) atoms. The summed E-state index contributed by atoms with van der Waals surface area (Å²) in [6.45, 7) is 6.74. The van der Waals surface area contributed by atoms with Crippen LogP contribution in [0.15, 0.2) is 6.07 Å². The lowest BCUT2D eigenvalue weighted by Crippen LogP contribution is -2.41. The summed E-state index contributed by atoms with van der Waals surface area (Å²) >= 11 is 0. The maximum absolute atomic E-state index is 11.6. The second kappa shape index (κ2) is 4.93. The molecule has 2 atom stereocenters. The van der Waals surface area contributed by atoms with Crippen molar-refractivity contribution in [1.82, 2.24) is 0 Å². The highest BCUT2D eigenvalue weighted by Crippen LogP contribution is 2.49. The lowest BCUT2D eigenvalue weighted by molar-refractivity contribution is -0.116. The molecule has 2 heterocycles. The van der Waals surface area contributed by atoms with Crippen LogP contribution in [0.3, 0.4) is 0 Å². The molecule has 3 rings (SSSR count). The standard InChI is InChI=1S/C15H20N2O2.ClH/c1-8-6-11-9(2)15(3,7-16)19-14(11)10-4-5-12(18)17-13(8)10;/h6,9H,4-5,7,16H2,1-3H3,(H,17,18);1H/t9-,15+;/m1./s1. The molecule has 0 aromatic heterocycles. The minimum atomic E-state index is -0.342. The van der Waals surface area contributed by atoms with Crippen molar-refractivity contribution in [3.05, 3.63) is 22.8 Å². The lowest BCUT2D eigenvalue weighted by Gasteiger charge is -2.27. The molecule has 4 nitrogen and oxygen atoms in total. The first-order valence-electron chi connectivity index (χ1n) is 6.81. The molecule has 0 radical (unpaired) electrons. The van der Waals surface area contributed by atoms with Gasteiger partial charge in [-0.3, -0.25) is 4.79 Å². The van der Waals surface area contributed by atoms with E-state index in [1.54, 1.807) is 0 Å². The second-order valence-corrected chi connectivity index (χ2v) is 5.85. The topological polar surface area (TPSA) is 64.3 Å². The number of fused-ring (bicyclic) bond motifs is 3. The van der Waals surface area contributed by atoms with Gasteiger partial charge in [0, 0.05) is 30.0 Å². The zero-order valence-corrected chi connectivity index (χ0v) is 12.9. The van der Waals surface area contributed by atoms with Gasteiger partial charge in [-0.05, 0) is 31.9 Å². The van der Waals surface area contributed by atoms with Crippen LogP contribution >= 0.6 is 12.4 Å². The molecule has 3 N–H and O–H groups in total. The van der Waals surface area contributed by atoms with Crippen molar-refractivity contribution in [3.63, 3.8) is 0 Å². The van der Waals surface area contributed by atoms with Crippen molar-refractivity contribution < 1.29 is 9.53 Å². The minimum absolute atomic E-state index is 0. The SMILES string of the molecule is Cc1cc2c(c3c1NC(=O)CC3)O[C@@](C)(CN)[C@@H]2C.Cl. The molecule has 1 aromatic carbocycles. The summed E-state index contributed by atoms with van der Waals surface area (Å²) < 4.78 is 6.17. The van der Waals surface area contributed by atoms with Crippen LogP contribution in [-0.2, 0) is 11.2 Å². The molecule has 2 aliphatic heterocycles.